The summed E-state index contributed by atoms with van der Waals surface area (Å²) in [5.41, 5.74) is 2.52. The van der Waals surface area contributed by atoms with E-state index >= 15 is 0 Å². The molecule has 0 spiro atoms. The van der Waals surface area contributed by atoms with Crippen molar-refractivity contribution in [3.8, 4) is 0 Å². The summed E-state index contributed by atoms with van der Waals surface area (Å²) in [6.45, 7) is 8.51. The minimum absolute atomic E-state index is 0.136. The van der Waals surface area contributed by atoms with Gasteiger partial charge in [-0.3, -0.25) is 4.57 Å². The van der Waals surface area contributed by atoms with Crippen LogP contribution in [-0.4, -0.2) is 21.9 Å². The Morgan fingerprint density at radius 1 is 0.875 bits per heavy atom. The highest BCUT2D eigenvalue weighted by Gasteiger charge is 2.26. The van der Waals surface area contributed by atoms with Crippen LogP contribution in [0.1, 0.15) is 72.6 Å². The molecule has 0 saturated heterocycles. The van der Waals surface area contributed by atoms with Gasteiger partial charge in [0.25, 0.3) is 0 Å². The van der Waals surface area contributed by atoms with Crippen LogP contribution < -0.4 is 0 Å². The summed E-state index contributed by atoms with van der Waals surface area (Å²) in [5, 5.41) is 8.58. The summed E-state index contributed by atoms with van der Waals surface area (Å²) in [5.74, 6) is 0. The molecule has 0 heterocycles. The number of unbranched alkanes of at least 4 members (excludes halogenated alkanes) is 2. The number of allylic oxidation sites excluding steroid dienone is 6. The van der Waals surface area contributed by atoms with Crippen molar-refractivity contribution in [3.63, 3.8) is 0 Å². The summed E-state index contributed by atoms with van der Waals surface area (Å²) >= 11 is 0. The monoisotopic (exact) mass is 356 g/mol. The molecule has 0 aromatic heterocycles. The van der Waals surface area contributed by atoms with Crippen molar-refractivity contribution >= 4 is 13.1 Å². The van der Waals surface area contributed by atoms with E-state index in [0.717, 1.165) is 38.5 Å². The van der Waals surface area contributed by atoms with Crippen LogP contribution in [0.15, 0.2) is 34.9 Å². The highest BCUT2D eigenvalue weighted by molar-refractivity contribution is 7.74. The lowest BCUT2D eigenvalue weighted by molar-refractivity contribution is 0.215. The molecule has 1 atom stereocenters. The first kappa shape index (κ1) is 22.9. The fourth-order valence-electron chi connectivity index (χ4n) is 2.25. The van der Waals surface area contributed by atoms with E-state index < -0.39 is 13.1 Å². The third-order valence-corrected chi connectivity index (χ3v) is 5.35. The van der Waals surface area contributed by atoms with E-state index in [0.29, 0.717) is 6.42 Å². The predicted octanol–water partition coefficient (Wildman–Crippen LogP) is 6.52. The van der Waals surface area contributed by atoms with Gasteiger partial charge in [0.1, 0.15) is 0 Å². The van der Waals surface area contributed by atoms with Gasteiger partial charge in [0.2, 0.25) is 0 Å². The van der Waals surface area contributed by atoms with E-state index in [1.54, 1.807) is 0 Å². The number of hydrogen-bond donors (Lipinski definition) is 2. The Balaban J connectivity index is 3.93. The van der Waals surface area contributed by atoms with Crippen LogP contribution in [0.4, 0.5) is 4.79 Å². The average Bonchev–Trinajstić information content (AvgIpc) is 2.46. The molecule has 138 valence electrons. The van der Waals surface area contributed by atoms with Crippen LogP contribution in [0, 0.1) is 0 Å². The zero-order valence-corrected chi connectivity index (χ0v) is 16.4. The van der Waals surface area contributed by atoms with Crippen molar-refractivity contribution < 1.29 is 19.4 Å². The summed E-state index contributed by atoms with van der Waals surface area (Å²) in [4.78, 5) is 19.7. The maximum absolute atomic E-state index is 11.3. The highest BCUT2D eigenvalue weighted by Crippen LogP contribution is 2.42. The smallest absolute Gasteiger partial charge is 0.388 e. The zero-order chi connectivity index (χ0) is 18.6. The van der Waals surface area contributed by atoms with E-state index in [1.807, 2.05) is 0 Å². The molecule has 0 aliphatic carbocycles. The molecule has 5 heteroatoms. The summed E-state index contributed by atoms with van der Waals surface area (Å²) in [6.07, 6.45) is 12.9. The Morgan fingerprint density at radius 2 is 1.38 bits per heavy atom. The molecule has 0 aromatic rings. The van der Waals surface area contributed by atoms with Crippen LogP contribution in [0.25, 0.3) is 0 Å². The van der Waals surface area contributed by atoms with Gasteiger partial charge < -0.3 is 10.00 Å². The molecular weight excluding hydrogens is 323 g/mol. The third kappa shape index (κ3) is 12.3. The molecule has 2 N–H and O–H groups in total. The van der Waals surface area contributed by atoms with Crippen molar-refractivity contribution in [1.29, 1.82) is 0 Å². The zero-order valence-electron chi connectivity index (χ0n) is 15.5. The Kier molecular flexibility index (Phi) is 11.7. The maximum atomic E-state index is 11.3. The lowest BCUT2D eigenvalue weighted by Crippen LogP contribution is -1.99. The number of rotatable bonds is 12. The second-order valence-corrected chi connectivity index (χ2v) is 8.90. The summed E-state index contributed by atoms with van der Waals surface area (Å²) in [6, 6.07) is 0. The standard InChI is InChI=1S/C19H33O4P/c1-16(2)10-8-12-18(4)14-9-13-17(3)11-6-5-7-15-24(22,23)19(20)21/h10-11,14H,5-9,12-13,15H2,1-4H3,(H,20,21)(H,22,23)/b17-11+,18-14+. The van der Waals surface area contributed by atoms with E-state index in [1.165, 1.54) is 16.7 Å². The lowest BCUT2D eigenvalue weighted by Gasteiger charge is -2.05. The van der Waals surface area contributed by atoms with Crippen molar-refractivity contribution in [1.82, 2.24) is 0 Å². The first-order valence-corrected chi connectivity index (χ1v) is 10.5. The molecule has 0 aromatic carbocycles. The normalized spacial score (nSPS) is 15.0. The van der Waals surface area contributed by atoms with E-state index in [9.17, 15) is 14.3 Å². The predicted molar refractivity (Wildman–Crippen MR) is 102 cm³/mol. The fraction of sp³-hybridized carbons (Fsp3) is 0.632. The average molecular weight is 356 g/mol. The quantitative estimate of drug-likeness (QED) is 0.237. The van der Waals surface area contributed by atoms with Gasteiger partial charge in [-0.25, -0.2) is 4.79 Å². The molecule has 0 bridgehead atoms. The first-order chi connectivity index (χ1) is 11.1. The van der Waals surface area contributed by atoms with E-state index in [2.05, 4.69) is 45.9 Å². The molecular formula is C19H33O4P. The number of carboxylic acid groups (broad SMARTS) is 1. The highest BCUT2D eigenvalue weighted by atomic mass is 31.2. The fourth-order valence-corrected chi connectivity index (χ4v) is 3.10. The van der Waals surface area contributed by atoms with Crippen molar-refractivity contribution in [2.24, 2.45) is 0 Å². The molecule has 0 radical (unpaired) electrons. The molecule has 0 rings (SSSR count). The molecule has 0 amide bonds. The Labute approximate surface area is 146 Å². The first-order valence-electron chi connectivity index (χ1n) is 8.65. The van der Waals surface area contributed by atoms with Gasteiger partial charge in [-0.05, 0) is 72.6 Å². The Hall–Kier alpha value is -1.12. The maximum Gasteiger partial charge on any atom is 0.388 e. The molecule has 0 aliphatic rings. The lowest BCUT2D eigenvalue weighted by atomic mass is 10.1. The minimum Gasteiger partial charge on any atom is -0.474 e. The largest absolute Gasteiger partial charge is 0.474 e. The van der Waals surface area contributed by atoms with Gasteiger partial charge in [0.15, 0.2) is 0 Å². The molecule has 4 nitrogen and oxygen atoms in total. The molecule has 0 fully saturated rings. The van der Waals surface area contributed by atoms with Crippen molar-refractivity contribution in [3.05, 3.63) is 34.9 Å². The summed E-state index contributed by atoms with van der Waals surface area (Å²) < 4.78 is 11.3. The van der Waals surface area contributed by atoms with Gasteiger partial charge in [0.05, 0.1) is 0 Å². The second-order valence-electron chi connectivity index (χ2n) is 6.66. The van der Waals surface area contributed by atoms with Crippen molar-refractivity contribution in [2.45, 2.75) is 72.6 Å². The van der Waals surface area contributed by atoms with Gasteiger partial charge in [-0.1, -0.05) is 34.9 Å². The minimum atomic E-state index is -3.99. The van der Waals surface area contributed by atoms with Crippen LogP contribution >= 0.6 is 7.37 Å². The van der Waals surface area contributed by atoms with Crippen LogP contribution in [-0.2, 0) is 4.57 Å². The van der Waals surface area contributed by atoms with Gasteiger partial charge in [-0.2, -0.15) is 0 Å². The number of hydrogen-bond acceptors (Lipinski definition) is 2. The van der Waals surface area contributed by atoms with Crippen LogP contribution in [0.3, 0.4) is 0 Å². The van der Waals surface area contributed by atoms with Crippen LogP contribution in [0.2, 0.25) is 0 Å². The molecule has 24 heavy (non-hydrogen) atoms. The van der Waals surface area contributed by atoms with Crippen LogP contribution in [0.5, 0.6) is 0 Å². The van der Waals surface area contributed by atoms with Gasteiger partial charge in [0, 0.05) is 6.16 Å². The topological polar surface area (TPSA) is 74.6 Å². The molecule has 0 aliphatic heterocycles. The Bertz CT molecular complexity index is 525. The van der Waals surface area contributed by atoms with Gasteiger partial charge >= 0.3 is 13.1 Å². The van der Waals surface area contributed by atoms with E-state index in [4.69, 9.17) is 5.11 Å². The van der Waals surface area contributed by atoms with E-state index in [-0.39, 0.29) is 6.16 Å². The SMILES string of the molecule is CC(C)=CCC/C(C)=C/CC/C(C)=C/CCCCP(=O)(O)C(=O)O. The second kappa shape index (κ2) is 12.3. The van der Waals surface area contributed by atoms with Gasteiger partial charge in [-0.15, -0.1) is 0 Å². The summed E-state index contributed by atoms with van der Waals surface area (Å²) in [7, 11) is -3.99. The molecule has 1 unspecified atom stereocenters. The van der Waals surface area contributed by atoms with Crippen molar-refractivity contribution in [2.75, 3.05) is 6.16 Å². The molecule has 0 saturated carbocycles. The number of carbonyl (C=O) groups is 1. The Morgan fingerprint density at radius 3 is 1.88 bits per heavy atom. The third-order valence-electron chi connectivity index (χ3n) is 3.83.